The van der Waals surface area contributed by atoms with E-state index in [9.17, 15) is 0 Å². The molecule has 1 aromatic carbocycles. The van der Waals surface area contributed by atoms with Crippen molar-refractivity contribution in [1.82, 2.24) is 14.9 Å². The van der Waals surface area contributed by atoms with Crippen molar-refractivity contribution in [3.05, 3.63) is 49.1 Å². The Hall–Kier alpha value is -2.44. The van der Waals surface area contributed by atoms with Gasteiger partial charge < -0.3 is 15.4 Å². The molecule has 1 fully saturated rings. The second-order valence-corrected chi connectivity index (χ2v) is 5.88. The zero-order chi connectivity index (χ0) is 17.3. The van der Waals surface area contributed by atoms with Crippen molar-refractivity contribution >= 4 is 11.6 Å². The standard InChI is InChI=1S/C19H25N5O/c1-2-8-20-17-15-18(21-9-10-24-11-13-25-14-12-24)23-19(22-17)16-6-4-3-5-7-16/h2-7,15H,1,8-14H2,(H2,20,21,22,23). The van der Waals surface area contributed by atoms with Crippen LogP contribution in [-0.2, 0) is 4.74 Å². The van der Waals surface area contributed by atoms with Gasteiger partial charge in [-0.05, 0) is 0 Å². The highest BCUT2D eigenvalue weighted by molar-refractivity contribution is 5.61. The van der Waals surface area contributed by atoms with E-state index in [0.717, 1.165) is 56.6 Å². The summed E-state index contributed by atoms with van der Waals surface area (Å²) in [6.45, 7) is 9.85. The Morgan fingerprint density at radius 3 is 2.52 bits per heavy atom. The van der Waals surface area contributed by atoms with E-state index in [-0.39, 0.29) is 0 Å². The Morgan fingerprint density at radius 1 is 1.08 bits per heavy atom. The zero-order valence-corrected chi connectivity index (χ0v) is 14.4. The molecular weight excluding hydrogens is 314 g/mol. The third-order valence-corrected chi connectivity index (χ3v) is 4.02. The summed E-state index contributed by atoms with van der Waals surface area (Å²) in [4.78, 5) is 11.7. The molecule has 0 radical (unpaired) electrons. The quantitative estimate of drug-likeness (QED) is 0.721. The van der Waals surface area contributed by atoms with Crippen LogP contribution in [0.1, 0.15) is 0 Å². The minimum absolute atomic E-state index is 0.665. The van der Waals surface area contributed by atoms with Crippen molar-refractivity contribution < 1.29 is 4.74 Å². The van der Waals surface area contributed by atoms with Gasteiger partial charge >= 0.3 is 0 Å². The second-order valence-electron chi connectivity index (χ2n) is 5.88. The molecule has 0 unspecified atom stereocenters. The molecule has 132 valence electrons. The molecule has 1 aliphatic rings. The maximum Gasteiger partial charge on any atom is 0.163 e. The first kappa shape index (κ1) is 17.4. The molecule has 0 saturated carbocycles. The Labute approximate surface area is 148 Å². The average Bonchev–Trinajstić information content (AvgIpc) is 2.68. The van der Waals surface area contributed by atoms with Gasteiger partial charge in [0.15, 0.2) is 5.82 Å². The van der Waals surface area contributed by atoms with E-state index < -0.39 is 0 Å². The third-order valence-electron chi connectivity index (χ3n) is 4.02. The van der Waals surface area contributed by atoms with Crippen LogP contribution in [0.25, 0.3) is 11.4 Å². The fourth-order valence-corrected chi connectivity index (χ4v) is 2.69. The third kappa shape index (κ3) is 5.27. The number of hydrogen-bond acceptors (Lipinski definition) is 6. The summed E-state index contributed by atoms with van der Waals surface area (Å²) in [5.41, 5.74) is 1.00. The molecule has 2 aromatic rings. The van der Waals surface area contributed by atoms with E-state index in [2.05, 4.69) is 32.1 Å². The number of aromatic nitrogens is 2. The molecule has 6 heteroatoms. The summed E-state index contributed by atoms with van der Waals surface area (Å²) in [6, 6.07) is 12.0. The molecule has 0 amide bonds. The molecule has 0 bridgehead atoms. The lowest BCUT2D eigenvalue weighted by Crippen LogP contribution is -2.39. The first-order chi connectivity index (χ1) is 12.3. The largest absolute Gasteiger partial charge is 0.379 e. The molecule has 3 rings (SSSR count). The van der Waals surface area contributed by atoms with Crippen LogP contribution in [0.2, 0.25) is 0 Å². The molecule has 0 spiro atoms. The molecule has 0 atom stereocenters. The molecule has 2 heterocycles. The zero-order valence-electron chi connectivity index (χ0n) is 14.4. The van der Waals surface area contributed by atoms with Crippen LogP contribution < -0.4 is 10.6 Å². The van der Waals surface area contributed by atoms with Gasteiger partial charge in [0.05, 0.1) is 13.2 Å². The van der Waals surface area contributed by atoms with E-state index in [0.29, 0.717) is 12.4 Å². The van der Waals surface area contributed by atoms with Crippen LogP contribution in [0.3, 0.4) is 0 Å². The highest BCUT2D eigenvalue weighted by Gasteiger charge is 2.10. The summed E-state index contributed by atoms with van der Waals surface area (Å²) < 4.78 is 5.38. The van der Waals surface area contributed by atoms with Crippen LogP contribution in [0.4, 0.5) is 11.6 Å². The predicted octanol–water partition coefficient (Wildman–Crippen LogP) is 2.49. The summed E-state index contributed by atoms with van der Waals surface area (Å²) in [5.74, 6) is 2.33. The lowest BCUT2D eigenvalue weighted by molar-refractivity contribution is 0.0398. The van der Waals surface area contributed by atoms with Crippen LogP contribution in [0, 0.1) is 0 Å². The van der Waals surface area contributed by atoms with Gasteiger partial charge in [0.25, 0.3) is 0 Å². The Morgan fingerprint density at radius 2 is 1.80 bits per heavy atom. The molecule has 25 heavy (non-hydrogen) atoms. The van der Waals surface area contributed by atoms with Crippen LogP contribution in [0.15, 0.2) is 49.1 Å². The number of nitrogens with one attached hydrogen (secondary N) is 2. The SMILES string of the molecule is C=CCNc1cc(NCCN2CCOCC2)nc(-c2ccccc2)n1. The number of benzene rings is 1. The number of morpholine rings is 1. The number of nitrogens with zero attached hydrogens (tertiary/aromatic N) is 3. The Balaban J connectivity index is 1.69. The normalized spacial score (nSPS) is 14.9. The summed E-state index contributed by atoms with van der Waals surface area (Å²) in [5, 5.41) is 6.67. The van der Waals surface area contributed by atoms with Gasteiger partial charge in [0.2, 0.25) is 0 Å². The Bertz CT molecular complexity index is 671. The topological polar surface area (TPSA) is 62.3 Å². The number of hydrogen-bond donors (Lipinski definition) is 2. The fraction of sp³-hybridized carbons (Fsp3) is 0.368. The van der Waals surface area contributed by atoms with E-state index in [1.807, 2.05) is 42.5 Å². The van der Waals surface area contributed by atoms with Gasteiger partial charge in [-0.2, -0.15) is 0 Å². The van der Waals surface area contributed by atoms with Gasteiger partial charge in [-0.1, -0.05) is 36.4 Å². The first-order valence-electron chi connectivity index (χ1n) is 8.68. The summed E-state index contributed by atoms with van der Waals surface area (Å²) in [7, 11) is 0. The maximum absolute atomic E-state index is 5.38. The summed E-state index contributed by atoms with van der Waals surface area (Å²) in [6.07, 6.45) is 1.82. The molecule has 1 saturated heterocycles. The fourth-order valence-electron chi connectivity index (χ4n) is 2.69. The molecule has 2 N–H and O–H groups in total. The monoisotopic (exact) mass is 339 g/mol. The van der Waals surface area contributed by atoms with Crippen molar-refractivity contribution in [2.75, 3.05) is 56.6 Å². The number of ether oxygens (including phenoxy) is 1. The first-order valence-corrected chi connectivity index (χ1v) is 8.68. The van der Waals surface area contributed by atoms with E-state index in [1.165, 1.54) is 0 Å². The molecule has 6 nitrogen and oxygen atoms in total. The van der Waals surface area contributed by atoms with Crippen LogP contribution in [0.5, 0.6) is 0 Å². The van der Waals surface area contributed by atoms with Gasteiger partial charge in [0, 0.05) is 44.4 Å². The molecule has 1 aromatic heterocycles. The number of anilines is 2. The number of rotatable bonds is 8. The smallest absolute Gasteiger partial charge is 0.163 e. The van der Waals surface area contributed by atoms with Gasteiger partial charge in [-0.3, -0.25) is 4.90 Å². The predicted molar refractivity (Wildman–Crippen MR) is 102 cm³/mol. The molecular formula is C19H25N5O. The molecule has 0 aliphatic carbocycles. The van der Waals surface area contributed by atoms with Crippen molar-refractivity contribution in [1.29, 1.82) is 0 Å². The van der Waals surface area contributed by atoms with Gasteiger partial charge in [-0.15, -0.1) is 6.58 Å². The van der Waals surface area contributed by atoms with E-state index in [1.54, 1.807) is 0 Å². The second kappa shape index (κ2) is 9.15. The minimum Gasteiger partial charge on any atom is -0.379 e. The van der Waals surface area contributed by atoms with E-state index >= 15 is 0 Å². The van der Waals surface area contributed by atoms with E-state index in [4.69, 9.17) is 4.74 Å². The van der Waals surface area contributed by atoms with Crippen molar-refractivity contribution in [2.45, 2.75) is 0 Å². The average molecular weight is 339 g/mol. The lowest BCUT2D eigenvalue weighted by Gasteiger charge is -2.26. The summed E-state index contributed by atoms with van der Waals surface area (Å²) >= 11 is 0. The van der Waals surface area contributed by atoms with Crippen molar-refractivity contribution in [2.24, 2.45) is 0 Å². The highest BCUT2D eigenvalue weighted by atomic mass is 16.5. The maximum atomic E-state index is 5.38. The highest BCUT2D eigenvalue weighted by Crippen LogP contribution is 2.20. The van der Waals surface area contributed by atoms with Gasteiger partial charge in [0.1, 0.15) is 11.6 Å². The van der Waals surface area contributed by atoms with Crippen LogP contribution >= 0.6 is 0 Å². The van der Waals surface area contributed by atoms with Gasteiger partial charge in [-0.25, -0.2) is 9.97 Å². The minimum atomic E-state index is 0.665. The Kier molecular flexibility index (Phi) is 6.36. The van der Waals surface area contributed by atoms with Crippen molar-refractivity contribution in [3.63, 3.8) is 0 Å². The lowest BCUT2D eigenvalue weighted by atomic mass is 10.2. The van der Waals surface area contributed by atoms with Crippen molar-refractivity contribution in [3.8, 4) is 11.4 Å². The molecule has 1 aliphatic heterocycles. The van der Waals surface area contributed by atoms with Crippen LogP contribution in [-0.4, -0.2) is 60.8 Å².